The second-order valence-electron chi connectivity index (χ2n) is 4.08. The van der Waals surface area contributed by atoms with Crippen molar-refractivity contribution in [1.29, 1.82) is 0 Å². The van der Waals surface area contributed by atoms with Crippen LogP contribution in [0, 0.1) is 0 Å². The van der Waals surface area contributed by atoms with Gasteiger partial charge >= 0.3 is 0 Å². The van der Waals surface area contributed by atoms with Gasteiger partial charge in [0.15, 0.2) is 0 Å². The van der Waals surface area contributed by atoms with Crippen LogP contribution in [-0.4, -0.2) is 19.1 Å². The Morgan fingerprint density at radius 3 is 3.00 bits per heavy atom. The minimum absolute atomic E-state index is 0.537. The molecule has 0 atom stereocenters. The van der Waals surface area contributed by atoms with Gasteiger partial charge in [0.05, 0.1) is 13.7 Å². The van der Waals surface area contributed by atoms with Crippen molar-refractivity contribution in [1.82, 2.24) is 10.7 Å². The highest BCUT2D eigenvalue weighted by Gasteiger charge is 2.21. The van der Waals surface area contributed by atoms with Crippen molar-refractivity contribution >= 4 is 5.96 Å². The maximum atomic E-state index is 5.40. The fraction of sp³-hybridized carbons (Fsp3) is 0.417. The Hall–Kier alpha value is -1.75. The lowest BCUT2D eigenvalue weighted by Gasteiger charge is -2.08. The van der Waals surface area contributed by atoms with Crippen LogP contribution in [0.15, 0.2) is 29.3 Å². The summed E-state index contributed by atoms with van der Waals surface area (Å²) in [6.45, 7) is 0.580. The molecule has 17 heavy (non-hydrogen) atoms. The van der Waals surface area contributed by atoms with Crippen LogP contribution in [0.5, 0.6) is 5.75 Å². The first-order valence-corrected chi connectivity index (χ1v) is 5.72. The number of nitrogens with zero attached hydrogens (tertiary/aromatic N) is 1. The lowest BCUT2D eigenvalue weighted by molar-refractivity contribution is 0.414. The lowest BCUT2D eigenvalue weighted by atomic mass is 10.2. The van der Waals surface area contributed by atoms with Crippen molar-refractivity contribution in [2.45, 2.75) is 25.4 Å². The largest absolute Gasteiger partial charge is 0.497 e. The van der Waals surface area contributed by atoms with Crippen molar-refractivity contribution in [3.8, 4) is 5.75 Å². The number of methoxy groups -OCH3 is 1. The number of hydrazine groups is 1. The standard InChI is InChI=1S/C12H18N4O/c1-17-11-4-2-3-9(7-11)8-14-12(16-13)15-10-5-6-10/h2-4,7,10H,5-6,8,13H2,1H3,(H2,14,15,16). The van der Waals surface area contributed by atoms with Crippen LogP contribution in [0.1, 0.15) is 18.4 Å². The molecule has 1 aromatic carbocycles. The number of hydrogen-bond acceptors (Lipinski definition) is 3. The zero-order chi connectivity index (χ0) is 12.1. The second-order valence-corrected chi connectivity index (χ2v) is 4.08. The first-order chi connectivity index (χ1) is 8.31. The summed E-state index contributed by atoms with van der Waals surface area (Å²) in [6, 6.07) is 8.38. The molecule has 1 fully saturated rings. The molecule has 0 heterocycles. The highest BCUT2D eigenvalue weighted by molar-refractivity contribution is 5.79. The topological polar surface area (TPSA) is 71.7 Å². The van der Waals surface area contributed by atoms with Crippen molar-refractivity contribution < 1.29 is 4.74 Å². The lowest BCUT2D eigenvalue weighted by Crippen LogP contribution is -2.42. The maximum absolute atomic E-state index is 5.40. The molecule has 0 bridgehead atoms. The van der Waals surface area contributed by atoms with E-state index in [0.29, 0.717) is 18.5 Å². The number of nitrogens with two attached hydrogens (primary N) is 1. The Morgan fingerprint density at radius 2 is 2.35 bits per heavy atom. The predicted octanol–water partition coefficient (Wildman–Crippen LogP) is 0.766. The third kappa shape index (κ3) is 3.64. The van der Waals surface area contributed by atoms with Crippen molar-refractivity contribution in [3.63, 3.8) is 0 Å². The number of ether oxygens (including phenoxy) is 1. The van der Waals surface area contributed by atoms with Gasteiger partial charge in [-0.15, -0.1) is 0 Å². The van der Waals surface area contributed by atoms with Gasteiger partial charge in [-0.2, -0.15) is 0 Å². The number of rotatable bonds is 4. The van der Waals surface area contributed by atoms with E-state index in [2.05, 4.69) is 15.7 Å². The molecule has 0 unspecified atom stereocenters. The normalized spacial score (nSPS) is 15.5. The molecule has 1 saturated carbocycles. The third-order valence-corrected chi connectivity index (χ3v) is 2.61. The summed E-state index contributed by atoms with van der Waals surface area (Å²) >= 11 is 0. The number of nitrogens with one attached hydrogen (secondary N) is 2. The van der Waals surface area contributed by atoms with Gasteiger partial charge in [-0.05, 0) is 30.5 Å². The Morgan fingerprint density at radius 1 is 1.53 bits per heavy atom. The molecule has 0 aromatic heterocycles. The van der Waals surface area contributed by atoms with E-state index in [1.54, 1.807) is 7.11 Å². The smallest absolute Gasteiger partial charge is 0.206 e. The van der Waals surface area contributed by atoms with E-state index in [0.717, 1.165) is 11.3 Å². The van der Waals surface area contributed by atoms with Gasteiger partial charge in [-0.1, -0.05) is 12.1 Å². The summed E-state index contributed by atoms with van der Waals surface area (Å²) in [7, 11) is 1.66. The van der Waals surface area contributed by atoms with E-state index < -0.39 is 0 Å². The van der Waals surface area contributed by atoms with E-state index in [4.69, 9.17) is 10.6 Å². The average molecular weight is 234 g/mol. The highest BCUT2D eigenvalue weighted by Crippen LogP contribution is 2.18. The molecule has 1 aliphatic carbocycles. The van der Waals surface area contributed by atoms with Crippen LogP contribution in [0.4, 0.5) is 0 Å². The van der Waals surface area contributed by atoms with E-state index in [1.165, 1.54) is 12.8 Å². The monoisotopic (exact) mass is 234 g/mol. The quantitative estimate of drug-likeness (QED) is 0.311. The molecule has 5 heteroatoms. The van der Waals surface area contributed by atoms with Crippen LogP contribution in [0.3, 0.4) is 0 Å². The van der Waals surface area contributed by atoms with Crippen molar-refractivity contribution in [3.05, 3.63) is 29.8 Å². The van der Waals surface area contributed by atoms with Crippen molar-refractivity contribution in [2.24, 2.45) is 10.8 Å². The first kappa shape index (κ1) is 11.7. The molecule has 1 aliphatic rings. The summed E-state index contributed by atoms with van der Waals surface area (Å²) in [5, 5.41) is 3.22. The second kappa shape index (κ2) is 5.54. The first-order valence-electron chi connectivity index (χ1n) is 5.72. The minimum Gasteiger partial charge on any atom is -0.497 e. The number of guanidine groups is 1. The Bertz CT molecular complexity index is 401. The fourth-order valence-corrected chi connectivity index (χ4v) is 1.50. The zero-order valence-corrected chi connectivity index (χ0v) is 9.94. The average Bonchev–Trinajstić information content (AvgIpc) is 3.18. The minimum atomic E-state index is 0.537. The predicted molar refractivity (Wildman–Crippen MR) is 67.6 cm³/mol. The number of hydrogen-bond donors (Lipinski definition) is 3. The van der Waals surface area contributed by atoms with Gasteiger partial charge in [0.25, 0.3) is 0 Å². The Kier molecular flexibility index (Phi) is 3.82. The zero-order valence-electron chi connectivity index (χ0n) is 9.94. The molecule has 0 radical (unpaired) electrons. The van der Waals surface area contributed by atoms with Gasteiger partial charge in [0.2, 0.25) is 5.96 Å². The van der Waals surface area contributed by atoms with Gasteiger partial charge < -0.3 is 10.1 Å². The molecule has 5 nitrogen and oxygen atoms in total. The number of benzene rings is 1. The van der Waals surface area contributed by atoms with E-state index in [9.17, 15) is 0 Å². The molecule has 0 saturated heterocycles. The van der Waals surface area contributed by atoms with Crippen LogP contribution in [-0.2, 0) is 6.54 Å². The molecule has 0 spiro atoms. The fourth-order valence-electron chi connectivity index (χ4n) is 1.50. The molecule has 0 amide bonds. The molecule has 2 rings (SSSR count). The summed E-state index contributed by atoms with van der Waals surface area (Å²) in [4.78, 5) is 4.38. The maximum Gasteiger partial charge on any atom is 0.206 e. The van der Waals surface area contributed by atoms with Gasteiger partial charge in [-0.25, -0.2) is 10.8 Å². The third-order valence-electron chi connectivity index (χ3n) is 2.61. The summed E-state index contributed by atoms with van der Waals surface area (Å²) in [6.07, 6.45) is 2.39. The highest BCUT2D eigenvalue weighted by atomic mass is 16.5. The molecule has 0 aliphatic heterocycles. The van der Waals surface area contributed by atoms with Crippen LogP contribution in [0.2, 0.25) is 0 Å². The van der Waals surface area contributed by atoms with Gasteiger partial charge in [0, 0.05) is 6.04 Å². The van der Waals surface area contributed by atoms with Crippen molar-refractivity contribution in [2.75, 3.05) is 7.11 Å². The van der Waals surface area contributed by atoms with Crippen LogP contribution >= 0.6 is 0 Å². The van der Waals surface area contributed by atoms with E-state index in [-0.39, 0.29) is 0 Å². The van der Waals surface area contributed by atoms with E-state index >= 15 is 0 Å². The molecular formula is C12H18N4O. The summed E-state index contributed by atoms with van der Waals surface area (Å²) in [5.41, 5.74) is 3.67. The molecular weight excluding hydrogens is 216 g/mol. The summed E-state index contributed by atoms with van der Waals surface area (Å²) < 4.78 is 5.16. The van der Waals surface area contributed by atoms with Crippen LogP contribution < -0.4 is 21.3 Å². The SMILES string of the molecule is COc1cccc(CN=C(NN)NC2CC2)c1. The Balaban J connectivity index is 1.95. The Labute approximate surface area is 101 Å². The molecule has 4 N–H and O–H groups in total. The van der Waals surface area contributed by atoms with Gasteiger partial charge in [-0.3, -0.25) is 5.43 Å². The van der Waals surface area contributed by atoms with Crippen LogP contribution in [0.25, 0.3) is 0 Å². The molecule has 1 aromatic rings. The molecule has 92 valence electrons. The van der Waals surface area contributed by atoms with E-state index in [1.807, 2.05) is 24.3 Å². The van der Waals surface area contributed by atoms with Gasteiger partial charge in [0.1, 0.15) is 5.75 Å². The number of aliphatic imine (C=N–C) groups is 1. The summed E-state index contributed by atoms with van der Waals surface area (Å²) in [5.74, 6) is 6.89.